The van der Waals surface area contributed by atoms with Crippen LogP contribution in [0, 0.1) is 25.6 Å². The number of nitrogens with zero attached hydrogens (tertiary/aromatic N) is 5. The molecule has 2 aromatic heterocycles. The van der Waals surface area contributed by atoms with Gasteiger partial charge < -0.3 is 5.11 Å². The van der Waals surface area contributed by atoms with E-state index in [0.29, 0.717) is 25.6 Å². The van der Waals surface area contributed by atoms with Crippen molar-refractivity contribution in [2.45, 2.75) is 43.0 Å². The number of halogens is 1. The third-order valence-electron chi connectivity index (χ3n) is 7.74. The van der Waals surface area contributed by atoms with Gasteiger partial charge >= 0.3 is 0 Å². The number of rotatable bonds is 6. The summed E-state index contributed by atoms with van der Waals surface area (Å²) in [4.78, 5) is 6.54. The van der Waals surface area contributed by atoms with Crippen molar-refractivity contribution in [3.8, 4) is 5.69 Å². The Bertz CT molecular complexity index is 1580. The van der Waals surface area contributed by atoms with E-state index >= 15 is 0 Å². The van der Waals surface area contributed by atoms with Gasteiger partial charge in [-0.05, 0) is 80.1 Å². The molecule has 1 aliphatic heterocycles. The number of aromatic nitrogens is 3. The van der Waals surface area contributed by atoms with Crippen molar-refractivity contribution in [3.05, 3.63) is 70.7 Å². The summed E-state index contributed by atoms with van der Waals surface area (Å²) in [6.45, 7) is 6.04. The van der Waals surface area contributed by atoms with E-state index in [1.807, 2.05) is 13.8 Å². The van der Waals surface area contributed by atoms with E-state index in [-0.39, 0.29) is 22.2 Å². The summed E-state index contributed by atoms with van der Waals surface area (Å²) < 4.78 is 44.1. The van der Waals surface area contributed by atoms with Crippen LogP contribution < -0.4 is 0 Å². The second kappa shape index (κ2) is 9.80. The highest BCUT2D eigenvalue weighted by Gasteiger charge is 2.39. The van der Waals surface area contributed by atoms with Gasteiger partial charge in [0.05, 0.1) is 34.7 Å². The fourth-order valence-corrected chi connectivity index (χ4v) is 8.34. The predicted octanol–water partition coefficient (Wildman–Crippen LogP) is 4.06. The lowest BCUT2D eigenvalue weighted by Gasteiger charge is -2.44. The van der Waals surface area contributed by atoms with Gasteiger partial charge in [0.2, 0.25) is 0 Å². The lowest BCUT2D eigenvalue weighted by Crippen LogP contribution is -2.52. The number of hydrogen-bond acceptors (Lipinski definition) is 7. The van der Waals surface area contributed by atoms with E-state index in [4.69, 9.17) is 0 Å². The number of piperazine rings is 1. The SMILES string of the molecule is Cc1ncc(S(=O)(=O)N2CCN(CC3CC(O)C3)[C@H](c3cc4cnn(-c5ccc(F)cc5)c4cc3C)C2)s1. The van der Waals surface area contributed by atoms with Crippen molar-refractivity contribution in [1.29, 1.82) is 0 Å². The molecule has 2 fully saturated rings. The Morgan fingerprint density at radius 2 is 1.87 bits per heavy atom. The molecule has 6 rings (SSSR count). The minimum absolute atomic E-state index is 0.135. The molecule has 0 bridgehead atoms. The Hall–Kier alpha value is -2.70. The molecule has 2 aromatic carbocycles. The number of thiazole rings is 1. The standard InChI is InChI=1S/C27H30FN5O3S2/c1-17-9-25-20(13-30-33(25)22-5-3-21(28)4-6-22)12-24(17)26-16-32(38(35,36)27-14-29-18(2)37-27)8-7-31(26)15-19-10-23(34)11-19/h3-6,9,12-14,19,23,26,34H,7-8,10-11,15-16H2,1-2H3/t19?,23?,26-/m0/s1. The van der Waals surface area contributed by atoms with Gasteiger partial charge in [-0.2, -0.15) is 9.40 Å². The Kier molecular flexibility index (Phi) is 6.59. The number of sulfonamides is 1. The van der Waals surface area contributed by atoms with Gasteiger partial charge in [0.15, 0.2) is 4.21 Å². The third kappa shape index (κ3) is 4.66. The van der Waals surface area contributed by atoms with Gasteiger partial charge in [0.25, 0.3) is 10.0 Å². The fraction of sp³-hybridized carbons (Fsp3) is 0.407. The van der Waals surface area contributed by atoms with Gasteiger partial charge in [0.1, 0.15) is 5.82 Å². The molecule has 0 radical (unpaired) electrons. The van der Waals surface area contributed by atoms with Gasteiger partial charge in [-0.3, -0.25) is 4.90 Å². The molecule has 200 valence electrons. The normalized spacial score (nSPS) is 23.1. The van der Waals surface area contributed by atoms with Crippen molar-refractivity contribution in [2.75, 3.05) is 26.2 Å². The maximum absolute atomic E-state index is 13.5. The van der Waals surface area contributed by atoms with Crippen LogP contribution in [0.15, 0.2) is 53.0 Å². The molecule has 3 heterocycles. The molecule has 0 spiro atoms. The summed E-state index contributed by atoms with van der Waals surface area (Å²) in [6, 6.07) is 10.3. The zero-order chi connectivity index (χ0) is 26.6. The third-order valence-corrected chi connectivity index (χ3v) is 11.0. The average molecular weight is 556 g/mol. The molecule has 8 nitrogen and oxygen atoms in total. The van der Waals surface area contributed by atoms with Crippen molar-refractivity contribution >= 4 is 32.3 Å². The van der Waals surface area contributed by atoms with Crippen LogP contribution in [0.4, 0.5) is 4.39 Å². The maximum Gasteiger partial charge on any atom is 0.254 e. The molecule has 1 N–H and O–H groups in total. The van der Waals surface area contributed by atoms with Gasteiger partial charge in [-0.1, -0.05) is 0 Å². The monoisotopic (exact) mass is 555 g/mol. The molecule has 1 saturated heterocycles. The molecule has 2 aliphatic rings. The summed E-state index contributed by atoms with van der Waals surface area (Å²) in [7, 11) is -3.65. The van der Waals surface area contributed by atoms with E-state index < -0.39 is 10.0 Å². The summed E-state index contributed by atoms with van der Waals surface area (Å²) >= 11 is 1.20. The van der Waals surface area contributed by atoms with Crippen LogP contribution in [-0.4, -0.2) is 69.8 Å². The van der Waals surface area contributed by atoms with Crippen LogP contribution in [0.1, 0.15) is 35.0 Å². The molecule has 0 unspecified atom stereocenters. The van der Waals surface area contributed by atoms with E-state index in [1.54, 1.807) is 27.3 Å². The Morgan fingerprint density at radius 1 is 1.11 bits per heavy atom. The molecule has 38 heavy (non-hydrogen) atoms. The van der Waals surface area contributed by atoms with Crippen molar-refractivity contribution < 1.29 is 17.9 Å². The highest BCUT2D eigenvalue weighted by Crippen LogP contribution is 2.37. The first-order chi connectivity index (χ1) is 18.2. The van der Waals surface area contributed by atoms with Crippen LogP contribution in [0.25, 0.3) is 16.6 Å². The summed E-state index contributed by atoms with van der Waals surface area (Å²) in [5, 5.41) is 16.1. The fourth-order valence-electron chi connectivity index (χ4n) is 5.64. The number of aliphatic hydroxyl groups excluding tert-OH is 1. The molecule has 1 atom stereocenters. The number of benzene rings is 2. The zero-order valence-electron chi connectivity index (χ0n) is 21.3. The molecular formula is C27H30FN5O3S2. The summed E-state index contributed by atoms with van der Waals surface area (Å²) in [5.41, 5.74) is 3.79. The van der Waals surface area contributed by atoms with Crippen LogP contribution in [0.2, 0.25) is 0 Å². The predicted molar refractivity (Wildman–Crippen MR) is 144 cm³/mol. The van der Waals surface area contributed by atoms with Crippen LogP contribution in [0.5, 0.6) is 0 Å². The van der Waals surface area contributed by atoms with E-state index in [2.05, 4.69) is 27.1 Å². The molecule has 1 aliphatic carbocycles. The largest absolute Gasteiger partial charge is 0.393 e. The van der Waals surface area contributed by atoms with Crippen molar-refractivity contribution in [2.24, 2.45) is 5.92 Å². The second-order valence-corrected chi connectivity index (χ2v) is 13.8. The van der Waals surface area contributed by atoms with E-state index in [9.17, 15) is 17.9 Å². The lowest BCUT2D eigenvalue weighted by molar-refractivity contribution is 0.00596. The van der Waals surface area contributed by atoms with Gasteiger partial charge in [-0.15, -0.1) is 11.3 Å². The van der Waals surface area contributed by atoms with E-state index in [1.165, 1.54) is 29.7 Å². The van der Waals surface area contributed by atoms with Crippen LogP contribution in [-0.2, 0) is 10.0 Å². The molecule has 1 saturated carbocycles. The number of hydrogen-bond donors (Lipinski definition) is 1. The maximum atomic E-state index is 13.5. The molecule has 0 amide bonds. The minimum Gasteiger partial charge on any atom is -0.393 e. The van der Waals surface area contributed by atoms with E-state index in [0.717, 1.165) is 52.1 Å². The molecule has 4 aromatic rings. The van der Waals surface area contributed by atoms with Crippen LogP contribution in [0.3, 0.4) is 0 Å². The zero-order valence-corrected chi connectivity index (χ0v) is 22.9. The molecule has 11 heteroatoms. The Balaban J connectivity index is 1.36. The Morgan fingerprint density at radius 3 is 2.55 bits per heavy atom. The second-order valence-electron chi connectivity index (χ2n) is 10.4. The number of aliphatic hydroxyl groups is 1. The first kappa shape index (κ1) is 25.6. The van der Waals surface area contributed by atoms with Crippen molar-refractivity contribution in [3.63, 3.8) is 0 Å². The lowest BCUT2D eigenvalue weighted by atomic mass is 9.81. The number of fused-ring (bicyclic) bond motifs is 1. The van der Waals surface area contributed by atoms with Gasteiger partial charge in [-0.25, -0.2) is 22.5 Å². The van der Waals surface area contributed by atoms with Crippen LogP contribution >= 0.6 is 11.3 Å². The summed E-state index contributed by atoms with van der Waals surface area (Å²) in [6.07, 6.45) is 4.59. The molecular weight excluding hydrogens is 525 g/mol. The minimum atomic E-state index is -3.65. The Labute approximate surface area is 225 Å². The highest BCUT2D eigenvalue weighted by molar-refractivity contribution is 7.91. The average Bonchev–Trinajstić information content (AvgIpc) is 3.50. The quantitative estimate of drug-likeness (QED) is 0.386. The smallest absolute Gasteiger partial charge is 0.254 e. The van der Waals surface area contributed by atoms with Gasteiger partial charge in [0, 0.05) is 37.6 Å². The first-order valence-electron chi connectivity index (χ1n) is 12.8. The first-order valence-corrected chi connectivity index (χ1v) is 15.0. The summed E-state index contributed by atoms with van der Waals surface area (Å²) in [5.74, 6) is 0.109. The topological polar surface area (TPSA) is 91.6 Å². The number of aryl methyl sites for hydroxylation is 2. The van der Waals surface area contributed by atoms with Crippen molar-refractivity contribution in [1.82, 2.24) is 24.0 Å². The highest BCUT2D eigenvalue weighted by atomic mass is 32.2.